The second-order valence-corrected chi connectivity index (χ2v) is 7.63. The Bertz CT molecular complexity index is 550. The molecule has 23 heavy (non-hydrogen) atoms. The molecule has 0 radical (unpaired) electrons. The molecule has 2 amide bonds. The number of hydrogen-bond acceptors (Lipinski definition) is 6. The number of aromatic nitrogens is 2. The number of nitrogens with one attached hydrogen (secondary N) is 1. The van der Waals surface area contributed by atoms with E-state index in [-0.39, 0.29) is 12.1 Å². The minimum absolute atomic E-state index is 0.0243. The molecule has 0 saturated carbocycles. The molecule has 1 N–H and O–H groups in total. The van der Waals surface area contributed by atoms with Gasteiger partial charge in [0.15, 0.2) is 0 Å². The van der Waals surface area contributed by atoms with Crippen LogP contribution in [0, 0.1) is 0 Å². The molecule has 128 valence electrons. The second kappa shape index (κ2) is 7.11. The first-order chi connectivity index (χ1) is 11.0. The molecule has 2 aliphatic heterocycles. The van der Waals surface area contributed by atoms with Crippen LogP contribution in [0.3, 0.4) is 0 Å². The van der Waals surface area contributed by atoms with E-state index >= 15 is 0 Å². The highest BCUT2D eigenvalue weighted by molar-refractivity contribution is 7.11. The van der Waals surface area contributed by atoms with Gasteiger partial charge in [-0.15, -0.1) is 10.2 Å². The highest BCUT2D eigenvalue weighted by Crippen LogP contribution is 2.22. The third-order valence-corrected chi connectivity index (χ3v) is 5.74. The van der Waals surface area contributed by atoms with Crippen molar-refractivity contribution in [1.82, 2.24) is 25.3 Å². The van der Waals surface area contributed by atoms with Crippen LogP contribution < -0.4 is 5.32 Å². The van der Waals surface area contributed by atoms with E-state index in [9.17, 15) is 4.79 Å². The van der Waals surface area contributed by atoms with Crippen LogP contribution in [0.1, 0.15) is 36.2 Å². The van der Waals surface area contributed by atoms with Crippen LogP contribution in [-0.4, -0.2) is 71.5 Å². The van der Waals surface area contributed by atoms with E-state index in [0.29, 0.717) is 18.5 Å². The second-order valence-electron chi connectivity index (χ2n) is 6.54. The Morgan fingerprint density at radius 3 is 3.00 bits per heavy atom. The number of morpholine rings is 1. The molecule has 1 aromatic heterocycles. The lowest BCUT2D eigenvalue weighted by Crippen LogP contribution is -2.60. The summed E-state index contributed by atoms with van der Waals surface area (Å²) < 4.78 is 5.82. The van der Waals surface area contributed by atoms with Crippen LogP contribution in [0.2, 0.25) is 0 Å². The van der Waals surface area contributed by atoms with Gasteiger partial charge in [0.1, 0.15) is 10.0 Å². The number of carbonyl (C=O) groups excluding carboxylic acids is 1. The van der Waals surface area contributed by atoms with Crippen molar-refractivity contribution in [3.63, 3.8) is 0 Å². The summed E-state index contributed by atoms with van der Waals surface area (Å²) >= 11 is 1.56. The molecule has 0 bridgehead atoms. The Balaban J connectivity index is 1.52. The molecule has 0 unspecified atom stereocenters. The van der Waals surface area contributed by atoms with E-state index in [0.717, 1.165) is 42.7 Å². The predicted molar refractivity (Wildman–Crippen MR) is 88.6 cm³/mol. The van der Waals surface area contributed by atoms with Gasteiger partial charge < -0.3 is 15.0 Å². The van der Waals surface area contributed by atoms with Crippen molar-refractivity contribution in [1.29, 1.82) is 0 Å². The summed E-state index contributed by atoms with van der Waals surface area (Å²) in [7, 11) is 2.11. The quantitative estimate of drug-likeness (QED) is 0.898. The summed E-state index contributed by atoms with van der Waals surface area (Å²) in [5.74, 6) is 0.373. The van der Waals surface area contributed by atoms with E-state index in [1.165, 1.54) is 0 Å². The van der Waals surface area contributed by atoms with Gasteiger partial charge >= 0.3 is 6.03 Å². The topological polar surface area (TPSA) is 70.6 Å². The number of piperidine rings is 1. The van der Waals surface area contributed by atoms with Gasteiger partial charge in [-0.25, -0.2) is 4.79 Å². The van der Waals surface area contributed by atoms with Gasteiger partial charge in [-0.2, -0.15) is 0 Å². The van der Waals surface area contributed by atoms with E-state index in [1.54, 1.807) is 11.3 Å². The molecule has 2 aliphatic rings. The lowest BCUT2D eigenvalue weighted by Gasteiger charge is -2.45. The SMILES string of the molecule is CC(C)c1nnc(CNC(=O)N2CC[C@@H]3OCCN(C)[C@@H]3C2)s1. The number of carbonyl (C=O) groups is 1. The van der Waals surface area contributed by atoms with Crippen LogP contribution in [0.4, 0.5) is 4.79 Å². The molecule has 2 atom stereocenters. The fourth-order valence-electron chi connectivity index (χ4n) is 3.06. The molecule has 1 aromatic rings. The molecule has 3 rings (SSSR count). The Kier molecular flexibility index (Phi) is 5.13. The van der Waals surface area contributed by atoms with Crippen LogP contribution in [-0.2, 0) is 11.3 Å². The molecule has 0 spiro atoms. The Morgan fingerprint density at radius 2 is 2.26 bits per heavy atom. The van der Waals surface area contributed by atoms with E-state index in [4.69, 9.17) is 4.74 Å². The van der Waals surface area contributed by atoms with E-state index < -0.39 is 0 Å². The Morgan fingerprint density at radius 1 is 1.43 bits per heavy atom. The molecular formula is C15H25N5O2S. The monoisotopic (exact) mass is 339 g/mol. The van der Waals surface area contributed by atoms with Gasteiger partial charge in [-0.1, -0.05) is 25.2 Å². The molecule has 0 aliphatic carbocycles. The number of hydrogen-bond donors (Lipinski definition) is 1. The third kappa shape index (κ3) is 3.81. The maximum atomic E-state index is 12.4. The number of fused-ring (bicyclic) bond motifs is 1. The predicted octanol–water partition coefficient (Wildman–Crippen LogP) is 1.28. The van der Waals surface area contributed by atoms with Crippen LogP contribution in [0.5, 0.6) is 0 Å². The Labute approximate surface area is 141 Å². The average Bonchev–Trinajstić information content (AvgIpc) is 3.02. The summed E-state index contributed by atoms with van der Waals surface area (Å²) in [6, 6.07) is 0.279. The summed E-state index contributed by atoms with van der Waals surface area (Å²) in [5.41, 5.74) is 0. The summed E-state index contributed by atoms with van der Waals surface area (Å²) in [4.78, 5) is 16.6. The number of likely N-dealkylation sites (N-methyl/N-ethyl adjacent to an activating group) is 1. The number of urea groups is 1. The number of nitrogens with zero attached hydrogens (tertiary/aromatic N) is 4. The summed E-state index contributed by atoms with van der Waals surface area (Å²) in [6.45, 7) is 7.82. The molecular weight excluding hydrogens is 314 g/mol. The third-order valence-electron chi connectivity index (χ3n) is 4.52. The highest BCUT2D eigenvalue weighted by atomic mass is 32.1. The van der Waals surface area contributed by atoms with Gasteiger partial charge in [0, 0.05) is 25.6 Å². The summed E-state index contributed by atoms with van der Waals surface area (Å²) in [6.07, 6.45) is 1.16. The van der Waals surface area contributed by atoms with E-state index in [1.807, 2.05) is 4.90 Å². The minimum Gasteiger partial charge on any atom is -0.375 e. The van der Waals surface area contributed by atoms with Crippen molar-refractivity contribution < 1.29 is 9.53 Å². The van der Waals surface area contributed by atoms with Crippen molar-refractivity contribution in [3.05, 3.63) is 10.0 Å². The molecule has 3 heterocycles. The standard InChI is InChI=1S/C15H25N5O2S/c1-10(2)14-18-17-13(23-14)8-16-15(21)20-5-4-12-11(9-20)19(3)6-7-22-12/h10-12H,4-9H2,1-3H3,(H,16,21)/t11-,12+/m1/s1. The number of likely N-dealkylation sites (tertiary alicyclic amines) is 1. The van der Waals surface area contributed by atoms with Crippen LogP contribution in [0.25, 0.3) is 0 Å². The van der Waals surface area contributed by atoms with Crippen LogP contribution in [0.15, 0.2) is 0 Å². The fraction of sp³-hybridized carbons (Fsp3) is 0.800. The number of amides is 2. The van der Waals surface area contributed by atoms with Crippen molar-refractivity contribution in [3.8, 4) is 0 Å². The molecule has 7 nitrogen and oxygen atoms in total. The van der Waals surface area contributed by atoms with Crippen molar-refractivity contribution >= 4 is 17.4 Å². The van der Waals surface area contributed by atoms with Crippen LogP contribution >= 0.6 is 11.3 Å². The first kappa shape index (κ1) is 16.6. The average molecular weight is 339 g/mol. The van der Waals surface area contributed by atoms with E-state index in [2.05, 4.69) is 41.3 Å². The number of rotatable bonds is 3. The molecule has 2 fully saturated rings. The van der Waals surface area contributed by atoms with Gasteiger partial charge in [-0.3, -0.25) is 4.90 Å². The summed E-state index contributed by atoms with van der Waals surface area (Å²) in [5, 5.41) is 13.1. The van der Waals surface area contributed by atoms with Crippen molar-refractivity contribution in [2.24, 2.45) is 0 Å². The maximum Gasteiger partial charge on any atom is 0.317 e. The maximum absolute atomic E-state index is 12.4. The largest absolute Gasteiger partial charge is 0.375 e. The Hall–Kier alpha value is -1.25. The normalized spacial score (nSPS) is 25.5. The first-order valence-electron chi connectivity index (χ1n) is 8.21. The van der Waals surface area contributed by atoms with Gasteiger partial charge in [0.25, 0.3) is 0 Å². The molecule has 2 saturated heterocycles. The first-order valence-corrected chi connectivity index (χ1v) is 9.03. The molecule has 0 aromatic carbocycles. The lowest BCUT2D eigenvalue weighted by molar-refractivity contribution is -0.0881. The highest BCUT2D eigenvalue weighted by Gasteiger charge is 2.36. The fourth-order valence-corrected chi connectivity index (χ4v) is 3.85. The molecule has 8 heteroatoms. The lowest BCUT2D eigenvalue weighted by atomic mass is 9.99. The van der Waals surface area contributed by atoms with Gasteiger partial charge in [-0.05, 0) is 13.5 Å². The van der Waals surface area contributed by atoms with Gasteiger partial charge in [0.2, 0.25) is 0 Å². The van der Waals surface area contributed by atoms with Gasteiger partial charge in [0.05, 0.1) is 25.3 Å². The smallest absolute Gasteiger partial charge is 0.317 e. The zero-order valence-corrected chi connectivity index (χ0v) is 14.8. The zero-order valence-electron chi connectivity index (χ0n) is 14.0. The minimum atomic E-state index is -0.0243. The van der Waals surface area contributed by atoms with Crippen molar-refractivity contribution in [2.75, 3.05) is 33.3 Å². The number of ether oxygens (including phenoxy) is 1. The van der Waals surface area contributed by atoms with Crippen molar-refractivity contribution in [2.45, 2.75) is 44.9 Å². The zero-order chi connectivity index (χ0) is 16.4.